The van der Waals surface area contributed by atoms with E-state index in [9.17, 15) is 4.39 Å². The second kappa shape index (κ2) is 7.59. The van der Waals surface area contributed by atoms with Crippen molar-refractivity contribution in [2.24, 2.45) is 0 Å². The molecule has 0 saturated carbocycles. The van der Waals surface area contributed by atoms with Crippen molar-refractivity contribution in [2.45, 2.75) is 31.3 Å². The third kappa shape index (κ3) is 4.05. The minimum atomic E-state index is -0.272. The molecule has 1 aromatic carbocycles. The second-order valence-electron chi connectivity index (χ2n) is 6.67. The Balaban J connectivity index is 1.40. The van der Waals surface area contributed by atoms with Crippen molar-refractivity contribution in [3.8, 4) is 11.4 Å². The first-order valence-electron chi connectivity index (χ1n) is 8.79. The Hall–Kier alpha value is -1.83. The van der Waals surface area contributed by atoms with Crippen LogP contribution in [0.2, 0.25) is 0 Å². The zero-order valence-electron chi connectivity index (χ0n) is 14.1. The average Bonchev–Trinajstić information content (AvgIpc) is 3.14. The highest BCUT2D eigenvalue weighted by Gasteiger charge is 2.28. The minimum Gasteiger partial charge on any atom is -0.355 e. The van der Waals surface area contributed by atoms with Gasteiger partial charge in [0.2, 0.25) is 11.7 Å². The number of hydrogen-bond donors (Lipinski definition) is 0. The molecule has 7 heteroatoms. The van der Waals surface area contributed by atoms with Crippen LogP contribution in [0, 0.1) is 5.82 Å². The van der Waals surface area contributed by atoms with Gasteiger partial charge in [0.15, 0.2) is 0 Å². The average molecular weight is 347 g/mol. The summed E-state index contributed by atoms with van der Waals surface area (Å²) in [6, 6.07) is 6.14. The molecule has 6 nitrogen and oxygen atoms in total. The maximum Gasteiger partial charge on any atom is 0.231 e. The quantitative estimate of drug-likeness (QED) is 0.848. The molecule has 25 heavy (non-hydrogen) atoms. The lowest BCUT2D eigenvalue weighted by molar-refractivity contribution is -0.145. The van der Waals surface area contributed by atoms with E-state index in [-0.39, 0.29) is 17.8 Å². The summed E-state index contributed by atoms with van der Waals surface area (Å²) in [7, 11) is 0. The van der Waals surface area contributed by atoms with Crippen molar-refractivity contribution in [3.63, 3.8) is 0 Å². The van der Waals surface area contributed by atoms with E-state index in [2.05, 4.69) is 15.0 Å². The minimum absolute atomic E-state index is 0.232. The summed E-state index contributed by atoms with van der Waals surface area (Å²) in [6.45, 7) is 4.04. The van der Waals surface area contributed by atoms with Crippen molar-refractivity contribution in [1.82, 2.24) is 15.0 Å². The van der Waals surface area contributed by atoms with Gasteiger partial charge in [0.25, 0.3) is 0 Å². The largest absolute Gasteiger partial charge is 0.355 e. The molecule has 2 atom stereocenters. The van der Waals surface area contributed by atoms with Crippen LogP contribution in [0.15, 0.2) is 28.8 Å². The molecule has 2 aromatic rings. The third-order valence-corrected chi connectivity index (χ3v) is 4.83. The summed E-state index contributed by atoms with van der Waals surface area (Å²) >= 11 is 0. The van der Waals surface area contributed by atoms with E-state index in [1.54, 1.807) is 12.1 Å². The predicted octanol–water partition coefficient (Wildman–Crippen LogP) is 2.82. The van der Waals surface area contributed by atoms with E-state index in [0.717, 1.165) is 51.1 Å². The summed E-state index contributed by atoms with van der Waals surface area (Å²) in [5.41, 5.74) is 0.764. The summed E-state index contributed by atoms with van der Waals surface area (Å²) in [5.74, 6) is 1.14. The van der Waals surface area contributed by atoms with Crippen LogP contribution in [0.1, 0.15) is 31.1 Å². The van der Waals surface area contributed by atoms with E-state index >= 15 is 0 Å². The number of benzene rings is 1. The van der Waals surface area contributed by atoms with Gasteiger partial charge in [-0.15, -0.1) is 0 Å². The van der Waals surface area contributed by atoms with Gasteiger partial charge >= 0.3 is 0 Å². The van der Waals surface area contributed by atoms with Crippen molar-refractivity contribution in [1.29, 1.82) is 0 Å². The molecule has 2 fully saturated rings. The normalized spacial score (nSPS) is 25.2. The zero-order chi connectivity index (χ0) is 17.1. The molecule has 0 radical (unpaired) electrons. The molecule has 2 aliphatic rings. The SMILES string of the molecule is Fc1ccc(-c2noc([C@@H]3CCCN(C[C@H]4CCOCO4)C3)n2)cc1. The highest BCUT2D eigenvalue weighted by Crippen LogP contribution is 2.28. The van der Waals surface area contributed by atoms with Crippen molar-refractivity contribution >= 4 is 0 Å². The number of rotatable bonds is 4. The third-order valence-electron chi connectivity index (χ3n) is 4.83. The molecule has 0 amide bonds. The lowest BCUT2D eigenvalue weighted by Crippen LogP contribution is -2.42. The van der Waals surface area contributed by atoms with Crippen molar-refractivity contribution < 1.29 is 18.4 Å². The Labute approximate surface area is 145 Å². The van der Waals surface area contributed by atoms with E-state index in [1.807, 2.05) is 0 Å². The van der Waals surface area contributed by atoms with Crippen LogP contribution in [0.4, 0.5) is 4.39 Å². The summed E-state index contributed by atoms with van der Waals surface area (Å²) in [4.78, 5) is 6.95. The number of nitrogens with zero attached hydrogens (tertiary/aromatic N) is 3. The van der Waals surface area contributed by atoms with Gasteiger partial charge in [-0.25, -0.2) is 4.39 Å². The lowest BCUT2D eigenvalue weighted by atomic mass is 9.97. The van der Waals surface area contributed by atoms with E-state index < -0.39 is 0 Å². The smallest absolute Gasteiger partial charge is 0.231 e. The van der Waals surface area contributed by atoms with Crippen LogP contribution in [-0.2, 0) is 9.47 Å². The molecule has 0 N–H and O–H groups in total. The first-order chi connectivity index (χ1) is 12.3. The van der Waals surface area contributed by atoms with Crippen LogP contribution < -0.4 is 0 Å². The van der Waals surface area contributed by atoms with Gasteiger partial charge in [0.1, 0.15) is 12.6 Å². The Kier molecular flexibility index (Phi) is 5.05. The first-order valence-corrected chi connectivity index (χ1v) is 8.79. The Morgan fingerprint density at radius 1 is 1.20 bits per heavy atom. The molecule has 1 aromatic heterocycles. The van der Waals surface area contributed by atoms with Crippen LogP contribution in [0.3, 0.4) is 0 Å². The van der Waals surface area contributed by atoms with E-state index in [0.29, 0.717) is 18.5 Å². The maximum absolute atomic E-state index is 13.0. The molecule has 3 heterocycles. The molecule has 0 spiro atoms. The molecule has 0 bridgehead atoms. The summed E-state index contributed by atoms with van der Waals surface area (Å²) in [6.07, 6.45) is 3.32. The fraction of sp³-hybridized carbons (Fsp3) is 0.556. The Bertz CT molecular complexity index is 685. The molecule has 0 unspecified atom stereocenters. The predicted molar refractivity (Wildman–Crippen MR) is 88.4 cm³/mol. The fourth-order valence-corrected chi connectivity index (χ4v) is 3.47. The van der Waals surface area contributed by atoms with Crippen LogP contribution in [-0.4, -0.2) is 54.2 Å². The summed E-state index contributed by atoms with van der Waals surface area (Å²) < 4.78 is 29.4. The van der Waals surface area contributed by atoms with E-state index in [4.69, 9.17) is 14.0 Å². The fourth-order valence-electron chi connectivity index (χ4n) is 3.47. The van der Waals surface area contributed by atoms with Gasteiger partial charge in [-0.3, -0.25) is 4.90 Å². The van der Waals surface area contributed by atoms with Crippen LogP contribution in [0.25, 0.3) is 11.4 Å². The monoisotopic (exact) mass is 347 g/mol. The van der Waals surface area contributed by atoms with Gasteiger partial charge in [-0.2, -0.15) is 4.98 Å². The number of hydrogen-bond acceptors (Lipinski definition) is 6. The van der Waals surface area contributed by atoms with Crippen molar-refractivity contribution in [3.05, 3.63) is 36.0 Å². The lowest BCUT2D eigenvalue weighted by Gasteiger charge is -2.34. The zero-order valence-corrected chi connectivity index (χ0v) is 14.1. The molecule has 0 aliphatic carbocycles. The number of piperidine rings is 1. The standard InChI is InChI=1S/C18H22FN3O3/c19-15-5-3-13(4-6-15)17-20-18(25-21-17)14-2-1-8-22(10-14)11-16-7-9-23-12-24-16/h3-6,14,16H,1-2,7-12H2/t14-,16-/m1/s1. The first kappa shape index (κ1) is 16.6. The van der Waals surface area contributed by atoms with Gasteiger partial charge in [-0.05, 0) is 50.1 Å². The van der Waals surface area contributed by atoms with Gasteiger partial charge < -0.3 is 14.0 Å². The topological polar surface area (TPSA) is 60.6 Å². The molecule has 134 valence electrons. The van der Waals surface area contributed by atoms with E-state index in [1.165, 1.54) is 12.1 Å². The highest BCUT2D eigenvalue weighted by atomic mass is 19.1. The summed E-state index contributed by atoms with van der Waals surface area (Å²) in [5, 5.41) is 4.06. The van der Waals surface area contributed by atoms with Crippen LogP contribution >= 0.6 is 0 Å². The Morgan fingerprint density at radius 2 is 2.08 bits per heavy atom. The number of aromatic nitrogens is 2. The Morgan fingerprint density at radius 3 is 2.88 bits per heavy atom. The van der Waals surface area contributed by atoms with Crippen LogP contribution in [0.5, 0.6) is 0 Å². The number of halogens is 1. The van der Waals surface area contributed by atoms with Gasteiger partial charge in [0.05, 0.1) is 18.6 Å². The maximum atomic E-state index is 13.0. The molecule has 2 saturated heterocycles. The number of ether oxygens (including phenoxy) is 2. The molecular formula is C18H22FN3O3. The second-order valence-corrected chi connectivity index (χ2v) is 6.67. The van der Waals surface area contributed by atoms with Gasteiger partial charge in [-0.1, -0.05) is 5.16 Å². The molecule has 2 aliphatic heterocycles. The highest BCUT2D eigenvalue weighted by molar-refractivity contribution is 5.53. The molecule has 4 rings (SSSR count). The van der Waals surface area contributed by atoms with Crippen molar-refractivity contribution in [2.75, 3.05) is 33.0 Å². The van der Waals surface area contributed by atoms with Gasteiger partial charge in [0, 0.05) is 18.7 Å². The molecular weight excluding hydrogens is 325 g/mol. The number of likely N-dealkylation sites (tertiary alicyclic amines) is 1.